The number of unbranched alkanes of at least 4 members (excludes halogenated alkanes) is 5. The maximum absolute atomic E-state index is 11.6. The molecule has 4 N–H and O–H groups in total. The summed E-state index contributed by atoms with van der Waals surface area (Å²) in [6, 6.07) is 7.83. The number of thioether (sulfide) groups is 1. The van der Waals surface area contributed by atoms with Gasteiger partial charge in [-0.1, -0.05) is 73.5 Å². The number of aliphatic hydroxyl groups excluding tert-OH is 2. The second-order valence-corrected chi connectivity index (χ2v) is 11.2. The third-order valence-corrected chi connectivity index (χ3v) is 8.77. The lowest BCUT2D eigenvalue weighted by Gasteiger charge is -2.32. The smallest absolute Gasteiger partial charge is 0.303 e. The molecular formula is C25H39BrO5S. The Labute approximate surface area is 205 Å². The monoisotopic (exact) mass is 530 g/mol. The normalized spacial score (nSPS) is 25.0. The first-order chi connectivity index (χ1) is 15.3. The highest BCUT2D eigenvalue weighted by molar-refractivity contribution is 9.10. The van der Waals surface area contributed by atoms with E-state index in [1.165, 1.54) is 0 Å². The number of aliphatic hydroxyl groups is 3. The first kappa shape index (κ1) is 27.6. The van der Waals surface area contributed by atoms with Crippen LogP contribution < -0.4 is 0 Å². The molecule has 0 aliphatic heterocycles. The van der Waals surface area contributed by atoms with Crippen LogP contribution in [0.5, 0.6) is 0 Å². The summed E-state index contributed by atoms with van der Waals surface area (Å²) in [6.45, 7) is 2.15. The molecule has 0 amide bonds. The second kappa shape index (κ2) is 14.0. The number of carbonyl (C=O) groups is 1. The van der Waals surface area contributed by atoms with E-state index in [9.17, 15) is 20.1 Å². The molecule has 5 atom stereocenters. The highest BCUT2D eigenvalue weighted by Crippen LogP contribution is 2.42. The van der Waals surface area contributed by atoms with Gasteiger partial charge in [-0.25, -0.2) is 0 Å². The highest BCUT2D eigenvalue weighted by atomic mass is 79.9. The Hall–Kier alpha value is -0.600. The Balaban J connectivity index is 1.97. The van der Waals surface area contributed by atoms with Gasteiger partial charge in [0, 0.05) is 28.3 Å². The number of carboxylic acid groups (broad SMARTS) is 1. The third kappa shape index (κ3) is 8.64. The molecule has 1 saturated carbocycles. The molecule has 1 aromatic rings. The van der Waals surface area contributed by atoms with Crippen molar-refractivity contribution in [1.29, 1.82) is 0 Å². The van der Waals surface area contributed by atoms with E-state index in [0.29, 0.717) is 25.0 Å². The fourth-order valence-electron chi connectivity index (χ4n) is 4.62. The first-order valence-electron chi connectivity index (χ1n) is 11.9. The summed E-state index contributed by atoms with van der Waals surface area (Å²) >= 11 is 5.05. The van der Waals surface area contributed by atoms with E-state index in [0.717, 1.165) is 55.0 Å². The SMILES string of the molecule is CCCCCC(O)(CS[C@H]1C(O)CC(O)[C@@H]1CCCCCCC(=O)O)c1ccc(Br)cc1. The molecule has 1 aliphatic carbocycles. The van der Waals surface area contributed by atoms with Gasteiger partial charge in [0.25, 0.3) is 0 Å². The van der Waals surface area contributed by atoms with Crippen LogP contribution in [0.3, 0.4) is 0 Å². The Bertz CT molecular complexity index is 685. The predicted molar refractivity (Wildman–Crippen MR) is 134 cm³/mol. The quantitative estimate of drug-likeness (QED) is 0.224. The topological polar surface area (TPSA) is 98.0 Å². The Morgan fingerprint density at radius 3 is 2.41 bits per heavy atom. The van der Waals surface area contributed by atoms with Gasteiger partial charge in [-0.15, -0.1) is 0 Å². The molecule has 32 heavy (non-hydrogen) atoms. The molecule has 0 radical (unpaired) electrons. The molecule has 5 nitrogen and oxygen atoms in total. The van der Waals surface area contributed by atoms with E-state index in [2.05, 4.69) is 22.9 Å². The Kier molecular flexibility index (Phi) is 12.1. The van der Waals surface area contributed by atoms with Crippen LogP contribution in [0.4, 0.5) is 0 Å². The Morgan fingerprint density at radius 2 is 1.75 bits per heavy atom. The minimum Gasteiger partial charge on any atom is -0.481 e. The zero-order chi connectivity index (χ0) is 23.6. The number of halogens is 1. The van der Waals surface area contributed by atoms with E-state index in [1.54, 1.807) is 11.8 Å². The second-order valence-electron chi connectivity index (χ2n) is 9.15. The average molecular weight is 532 g/mol. The molecule has 182 valence electrons. The van der Waals surface area contributed by atoms with Gasteiger partial charge in [-0.2, -0.15) is 11.8 Å². The van der Waals surface area contributed by atoms with Crippen LogP contribution in [0.1, 0.15) is 83.1 Å². The minimum absolute atomic E-state index is 0.000664. The lowest BCUT2D eigenvalue weighted by Crippen LogP contribution is -2.33. The van der Waals surface area contributed by atoms with Crippen molar-refractivity contribution in [3.8, 4) is 0 Å². The molecular weight excluding hydrogens is 492 g/mol. The Morgan fingerprint density at radius 1 is 1.06 bits per heavy atom. The van der Waals surface area contributed by atoms with E-state index < -0.39 is 23.8 Å². The largest absolute Gasteiger partial charge is 0.481 e. The van der Waals surface area contributed by atoms with Gasteiger partial charge in [0.1, 0.15) is 0 Å². The molecule has 2 rings (SSSR count). The van der Waals surface area contributed by atoms with Crippen molar-refractivity contribution in [1.82, 2.24) is 0 Å². The maximum atomic E-state index is 11.6. The number of benzene rings is 1. The molecule has 1 fully saturated rings. The molecule has 0 heterocycles. The van der Waals surface area contributed by atoms with Gasteiger partial charge < -0.3 is 20.4 Å². The predicted octanol–water partition coefficient (Wildman–Crippen LogP) is 5.49. The summed E-state index contributed by atoms with van der Waals surface area (Å²) in [7, 11) is 0. The molecule has 1 aliphatic rings. The van der Waals surface area contributed by atoms with Crippen LogP contribution in [0.15, 0.2) is 28.7 Å². The first-order valence-corrected chi connectivity index (χ1v) is 13.8. The van der Waals surface area contributed by atoms with E-state index in [1.807, 2.05) is 24.3 Å². The number of rotatable bonds is 15. The molecule has 1 aromatic carbocycles. The summed E-state index contributed by atoms with van der Waals surface area (Å²) in [5.41, 5.74) is -0.0674. The van der Waals surface area contributed by atoms with Gasteiger partial charge in [0.15, 0.2) is 0 Å². The fourth-order valence-corrected chi connectivity index (χ4v) is 6.56. The van der Waals surface area contributed by atoms with Crippen molar-refractivity contribution in [2.45, 2.75) is 101 Å². The molecule has 7 heteroatoms. The van der Waals surface area contributed by atoms with E-state index in [-0.39, 0.29) is 17.6 Å². The van der Waals surface area contributed by atoms with Crippen molar-refractivity contribution >= 4 is 33.7 Å². The summed E-state index contributed by atoms with van der Waals surface area (Å²) in [4.78, 5) is 10.6. The molecule has 0 spiro atoms. The molecule has 0 bridgehead atoms. The average Bonchev–Trinajstić information content (AvgIpc) is 3.01. The van der Waals surface area contributed by atoms with Crippen molar-refractivity contribution in [2.75, 3.05) is 5.75 Å². The van der Waals surface area contributed by atoms with E-state index >= 15 is 0 Å². The van der Waals surface area contributed by atoms with Gasteiger partial charge in [0.05, 0.1) is 17.8 Å². The summed E-state index contributed by atoms with van der Waals surface area (Å²) in [5.74, 6) is -0.269. The van der Waals surface area contributed by atoms with Crippen LogP contribution in [-0.2, 0) is 10.4 Å². The van der Waals surface area contributed by atoms with Gasteiger partial charge in [0.2, 0.25) is 0 Å². The lowest BCUT2D eigenvalue weighted by molar-refractivity contribution is -0.137. The van der Waals surface area contributed by atoms with Crippen LogP contribution >= 0.6 is 27.7 Å². The van der Waals surface area contributed by atoms with Gasteiger partial charge in [-0.3, -0.25) is 4.79 Å². The van der Waals surface area contributed by atoms with Crippen LogP contribution in [0.2, 0.25) is 0 Å². The fraction of sp³-hybridized carbons (Fsp3) is 0.720. The summed E-state index contributed by atoms with van der Waals surface area (Å²) in [5, 5.41) is 41.4. The van der Waals surface area contributed by atoms with Crippen LogP contribution in [-0.4, -0.2) is 49.6 Å². The zero-order valence-corrected chi connectivity index (χ0v) is 21.5. The van der Waals surface area contributed by atoms with Gasteiger partial charge in [-0.05, 0) is 42.9 Å². The number of carboxylic acids is 1. The number of aliphatic carboxylic acids is 1. The number of hydrogen-bond donors (Lipinski definition) is 4. The highest BCUT2D eigenvalue weighted by Gasteiger charge is 2.43. The van der Waals surface area contributed by atoms with Crippen LogP contribution in [0, 0.1) is 5.92 Å². The summed E-state index contributed by atoms with van der Waals surface area (Å²) < 4.78 is 0.975. The summed E-state index contributed by atoms with van der Waals surface area (Å²) in [6.07, 6.45) is 7.48. The van der Waals surface area contributed by atoms with Crippen molar-refractivity contribution in [3.05, 3.63) is 34.3 Å². The van der Waals surface area contributed by atoms with Crippen molar-refractivity contribution < 1.29 is 25.2 Å². The van der Waals surface area contributed by atoms with E-state index in [4.69, 9.17) is 5.11 Å². The van der Waals surface area contributed by atoms with Gasteiger partial charge >= 0.3 is 5.97 Å². The third-order valence-electron chi connectivity index (χ3n) is 6.55. The molecule has 0 aromatic heterocycles. The minimum atomic E-state index is -0.963. The number of hydrogen-bond acceptors (Lipinski definition) is 5. The molecule has 3 unspecified atom stereocenters. The van der Waals surface area contributed by atoms with Crippen molar-refractivity contribution in [2.24, 2.45) is 5.92 Å². The lowest BCUT2D eigenvalue weighted by atomic mass is 9.90. The molecule has 0 saturated heterocycles. The van der Waals surface area contributed by atoms with Crippen molar-refractivity contribution in [3.63, 3.8) is 0 Å². The zero-order valence-electron chi connectivity index (χ0n) is 19.1. The standard InChI is InChI=1S/C25H39BrO5S/c1-2-3-8-15-25(31,18-11-13-19(26)14-12-18)17-32-24-20(21(27)16-22(24)28)9-6-4-5-7-10-23(29)30/h11-14,20-22,24,27-28,31H,2-10,15-17H2,1H3,(H,29,30)/t20-,21?,22?,24+,25?/m0/s1. The van der Waals surface area contributed by atoms with Crippen LogP contribution in [0.25, 0.3) is 0 Å². The maximum Gasteiger partial charge on any atom is 0.303 e.